The third kappa shape index (κ3) is 6.61. The maximum atomic E-state index is 12.0. The summed E-state index contributed by atoms with van der Waals surface area (Å²) in [4.78, 5) is 23.8. The molecule has 2 aromatic carbocycles. The van der Waals surface area contributed by atoms with Gasteiger partial charge >= 0.3 is 5.97 Å². The fourth-order valence-electron chi connectivity index (χ4n) is 2.36. The molecule has 6 nitrogen and oxygen atoms in total. The van der Waals surface area contributed by atoms with Crippen LogP contribution in [-0.2, 0) is 20.7 Å². The van der Waals surface area contributed by atoms with Crippen molar-refractivity contribution in [1.29, 1.82) is 5.26 Å². The van der Waals surface area contributed by atoms with Crippen molar-refractivity contribution in [2.45, 2.75) is 13.3 Å². The van der Waals surface area contributed by atoms with Gasteiger partial charge in [-0.3, -0.25) is 4.79 Å². The Morgan fingerprint density at radius 2 is 1.79 bits per heavy atom. The van der Waals surface area contributed by atoms with Gasteiger partial charge in [0.25, 0.3) is 5.91 Å². The molecule has 0 radical (unpaired) electrons. The second-order valence-corrected chi connectivity index (χ2v) is 6.10. The Morgan fingerprint density at radius 3 is 2.39 bits per heavy atom. The van der Waals surface area contributed by atoms with Gasteiger partial charge in [-0.1, -0.05) is 42.0 Å². The Balaban J connectivity index is 1.78. The van der Waals surface area contributed by atoms with Gasteiger partial charge in [0, 0.05) is 6.54 Å². The minimum Gasteiger partial charge on any atom is -0.497 e. The number of esters is 1. The van der Waals surface area contributed by atoms with Crippen molar-refractivity contribution in [1.82, 2.24) is 5.32 Å². The number of ether oxygens (including phenoxy) is 2. The number of methoxy groups -OCH3 is 1. The minimum atomic E-state index is -0.826. The van der Waals surface area contributed by atoms with Crippen molar-refractivity contribution < 1.29 is 19.1 Å². The van der Waals surface area contributed by atoms with Crippen LogP contribution in [0.3, 0.4) is 0 Å². The summed E-state index contributed by atoms with van der Waals surface area (Å²) in [6.07, 6.45) is 2.07. The zero-order valence-corrected chi connectivity index (χ0v) is 15.9. The van der Waals surface area contributed by atoms with Crippen molar-refractivity contribution in [2.75, 3.05) is 20.3 Å². The van der Waals surface area contributed by atoms with Gasteiger partial charge in [-0.05, 0) is 42.7 Å². The Bertz CT molecular complexity index is 878. The smallest absolute Gasteiger partial charge is 0.349 e. The number of nitrogens with zero attached hydrogens (tertiary/aromatic N) is 1. The van der Waals surface area contributed by atoms with Crippen molar-refractivity contribution in [3.8, 4) is 11.8 Å². The van der Waals surface area contributed by atoms with Gasteiger partial charge < -0.3 is 14.8 Å². The average Bonchev–Trinajstić information content (AvgIpc) is 2.72. The molecule has 0 saturated carbocycles. The van der Waals surface area contributed by atoms with Gasteiger partial charge in [0.15, 0.2) is 6.61 Å². The van der Waals surface area contributed by atoms with Crippen LogP contribution >= 0.6 is 0 Å². The lowest BCUT2D eigenvalue weighted by Crippen LogP contribution is -2.30. The van der Waals surface area contributed by atoms with Crippen LogP contribution in [0.1, 0.15) is 16.7 Å². The third-order valence-electron chi connectivity index (χ3n) is 3.96. The summed E-state index contributed by atoms with van der Waals surface area (Å²) in [5.74, 6) is -0.477. The highest BCUT2D eigenvalue weighted by molar-refractivity contribution is 5.98. The van der Waals surface area contributed by atoms with Crippen LogP contribution in [-0.4, -0.2) is 32.1 Å². The summed E-state index contributed by atoms with van der Waals surface area (Å²) in [7, 11) is 1.60. The third-order valence-corrected chi connectivity index (χ3v) is 3.96. The Morgan fingerprint density at radius 1 is 1.11 bits per heavy atom. The molecule has 0 aliphatic heterocycles. The van der Waals surface area contributed by atoms with E-state index in [1.54, 1.807) is 19.2 Å². The zero-order chi connectivity index (χ0) is 20.4. The Kier molecular flexibility index (Phi) is 7.79. The normalized spacial score (nSPS) is 10.7. The van der Waals surface area contributed by atoms with Crippen molar-refractivity contribution in [3.63, 3.8) is 0 Å². The molecule has 2 aromatic rings. The first-order chi connectivity index (χ1) is 13.5. The zero-order valence-electron chi connectivity index (χ0n) is 15.9. The van der Waals surface area contributed by atoms with Crippen LogP contribution in [0, 0.1) is 18.3 Å². The van der Waals surface area contributed by atoms with Crippen LogP contribution in [0.5, 0.6) is 5.75 Å². The van der Waals surface area contributed by atoms with Gasteiger partial charge in [0.1, 0.15) is 17.4 Å². The monoisotopic (exact) mass is 378 g/mol. The second-order valence-electron chi connectivity index (χ2n) is 6.10. The van der Waals surface area contributed by atoms with Crippen molar-refractivity contribution in [3.05, 3.63) is 70.8 Å². The SMILES string of the molecule is COc1ccc(CCNC(=O)COC(=O)/C(C#N)=C/c2ccc(C)cc2)cc1. The van der Waals surface area contributed by atoms with E-state index in [-0.39, 0.29) is 5.57 Å². The summed E-state index contributed by atoms with van der Waals surface area (Å²) < 4.78 is 10.0. The van der Waals surface area contributed by atoms with E-state index in [0.717, 1.165) is 16.9 Å². The van der Waals surface area contributed by atoms with Crippen molar-refractivity contribution in [2.24, 2.45) is 0 Å². The predicted molar refractivity (Wildman–Crippen MR) is 105 cm³/mol. The molecule has 0 fully saturated rings. The number of hydrogen-bond acceptors (Lipinski definition) is 5. The van der Waals surface area contributed by atoms with E-state index in [0.29, 0.717) is 18.5 Å². The van der Waals surface area contributed by atoms with Gasteiger partial charge in [-0.2, -0.15) is 5.26 Å². The molecule has 1 N–H and O–H groups in total. The van der Waals surface area contributed by atoms with E-state index in [1.807, 2.05) is 49.4 Å². The number of amides is 1. The van der Waals surface area contributed by atoms with Gasteiger partial charge in [0.2, 0.25) is 0 Å². The largest absolute Gasteiger partial charge is 0.497 e. The molecule has 0 saturated heterocycles. The van der Waals surface area contributed by atoms with Gasteiger partial charge in [0.05, 0.1) is 7.11 Å². The number of carbonyl (C=O) groups is 2. The number of carbonyl (C=O) groups excluding carboxylic acids is 2. The number of aryl methyl sites for hydroxylation is 1. The topological polar surface area (TPSA) is 88.4 Å². The molecular formula is C22H22N2O4. The number of hydrogen-bond donors (Lipinski definition) is 1. The van der Waals surface area contributed by atoms with E-state index in [2.05, 4.69) is 5.32 Å². The van der Waals surface area contributed by atoms with E-state index in [9.17, 15) is 9.59 Å². The summed E-state index contributed by atoms with van der Waals surface area (Å²) in [6.45, 7) is 1.92. The molecule has 2 rings (SSSR count). The first-order valence-electron chi connectivity index (χ1n) is 8.77. The van der Waals surface area contributed by atoms with Gasteiger partial charge in [-0.25, -0.2) is 4.79 Å². The number of nitriles is 1. The maximum absolute atomic E-state index is 12.0. The summed E-state index contributed by atoms with van der Waals surface area (Å²) in [5, 5.41) is 11.8. The molecule has 0 heterocycles. The maximum Gasteiger partial charge on any atom is 0.349 e. The average molecular weight is 378 g/mol. The number of benzene rings is 2. The first-order valence-corrected chi connectivity index (χ1v) is 8.77. The lowest BCUT2D eigenvalue weighted by atomic mass is 10.1. The highest BCUT2D eigenvalue weighted by Crippen LogP contribution is 2.11. The molecule has 1 amide bonds. The Labute approximate surface area is 164 Å². The van der Waals surface area contributed by atoms with Crippen LogP contribution < -0.4 is 10.1 Å². The number of nitrogens with one attached hydrogen (secondary N) is 1. The fourth-order valence-corrected chi connectivity index (χ4v) is 2.36. The van der Waals surface area contributed by atoms with Crippen LogP contribution in [0.15, 0.2) is 54.1 Å². The van der Waals surface area contributed by atoms with Gasteiger partial charge in [-0.15, -0.1) is 0 Å². The lowest BCUT2D eigenvalue weighted by Gasteiger charge is -2.07. The molecule has 28 heavy (non-hydrogen) atoms. The summed E-state index contributed by atoms with van der Waals surface area (Å²) >= 11 is 0. The molecule has 0 unspecified atom stereocenters. The highest BCUT2D eigenvalue weighted by atomic mass is 16.5. The molecule has 0 atom stereocenters. The number of rotatable bonds is 8. The summed E-state index contributed by atoms with van der Waals surface area (Å²) in [5.41, 5.74) is 2.67. The van der Waals surface area contributed by atoms with E-state index >= 15 is 0 Å². The highest BCUT2D eigenvalue weighted by Gasteiger charge is 2.13. The lowest BCUT2D eigenvalue weighted by molar-refractivity contribution is -0.144. The minimum absolute atomic E-state index is 0.158. The van der Waals surface area contributed by atoms with Crippen LogP contribution in [0.25, 0.3) is 6.08 Å². The van der Waals surface area contributed by atoms with E-state index in [1.165, 1.54) is 6.08 Å². The van der Waals surface area contributed by atoms with Crippen molar-refractivity contribution >= 4 is 18.0 Å². The predicted octanol–water partition coefficient (Wildman–Crippen LogP) is 2.81. The molecule has 0 bridgehead atoms. The van der Waals surface area contributed by atoms with E-state index < -0.39 is 18.5 Å². The molecule has 6 heteroatoms. The van der Waals surface area contributed by atoms with E-state index in [4.69, 9.17) is 14.7 Å². The molecule has 0 aliphatic carbocycles. The first kappa shape index (κ1) is 20.7. The summed E-state index contributed by atoms with van der Waals surface area (Å²) in [6, 6.07) is 16.7. The quantitative estimate of drug-likeness (QED) is 0.433. The standard InChI is InChI=1S/C22H22N2O4/c1-16-3-5-18(6-4-16)13-19(14-23)22(26)28-15-21(25)24-12-11-17-7-9-20(27-2)10-8-17/h3-10,13H,11-12,15H2,1-2H3,(H,24,25)/b19-13+. The molecule has 0 aliphatic rings. The molecule has 144 valence electrons. The molecule has 0 aromatic heterocycles. The fraction of sp³-hybridized carbons (Fsp3) is 0.227. The van der Waals surface area contributed by atoms with Crippen LogP contribution in [0.2, 0.25) is 0 Å². The van der Waals surface area contributed by atoms with Crippen LogP contribution in [0.4, 0.5) is 0 Å². The molecular weight excluding hydrogens is 356 g/mol. The molecule has 0 spiro atoms. The second kappa shape index (κ2) is 10.5. The Hall–Kier alpha value is -3.59.